The molecule has 35 heavy (non-hydrogen) atoms. The number of carbonyl (C=O) groups excluding carboxylic acids is 3. The van der Waals surface area contributed by atoms with E-state index in [1.807, 2.05) is 29.2 Å². The van der Waals surface area contributed by atoms with Crippen molar-refractivity contribution in [2.24, 2.45) is 0 Å². The van der Waals surface area contributed by atoms with E-state index in [2.05, 4.69) is 0 Å². The SMILES string of the molecule is CC(=O)c1ccc(N2C(=O)CC(N3CCN(S(=O)(=O)c4ccc5ccccc5c4)CC3)C2=O)cc1. The molecule has 2 fully saturated rings. The van der Waals surface area contributed by atoms with Crippen LogP contribution >= 0.6 is 0 Å². The van der Waals surface area contributed by atoms with Gasteiger partial charge in [-0.3, -0.25) is 19.3 Å². The topological polar surface area (TPSA) is 95.1 Å². The molecule has 2 saturated heterocycles. The lowest BCUT2D eigenvalue weighted by Gasteiger charge is -2.36. The summed E-state index contributed by atoms with van der Waals surface area (Å²) < 4.78 is 27.9. The van der Waals surface area contributed by atoms with E-state index in [-0.39, 0.29) is 42.0 Å². The summed E-state index contributed by atoms with van der Waals surface area (Å²) in [7, 11) is -3.67. The number of Topliss-reactive ketones (excluding diaryl/α,β-unsaturated/α-hetero) is 1. The van der Waals surface area contributed by atoms with Crippen LogP contribution in [0.4, 0.5) is 5.69 Å². The van der Waals surface area contributed by atoms with Crippen LogP contribution in [0.1, 0.15) is 23.7 Å². The molecule has 8 nitrogen and oxygen atoms in total. The van der Waals surface area contributed by atoms with E-state index in [4.69, 9.17) is 0 Å². The van der Waals surface area contributed by atoms with Gasteiger partial charge in [0.25, 0.3) is 5.91 Å². The quantitative estimate of drug-likeness (QED) is 0.402. The van der Waals surface area contributed by atoms with E-state index in [1.165, 1.54) is 11.2 Å². The molecule has 3 aromatic carbocycles. The molecule has 1 atom stereocenters. The van der Waals surface area contributed by atoms with Crippen LogP contribution < -0.4 is 4.90 Å². The Morgan fingerprint density at radius 3 is 2.17 bits per heavy atom. The van der Waals surface area contributed by atoms with Gasteiger partial charge in [0.15, 0.2) is 5.78 Å². The highest BCUT2D eigenvalue weighted by Gasteiger charge is 2.44. The van der Waals surface area contributed by atoms with Crippen LogP contribution in [0, 0.1) is 0 Å². The predicted molar refractivity (Wildman–Crippen MR) is 132 cm³/mol. The van der Waals surface area contributed by atoms with Crippen molar-refractivity contribution < 1.29 is 22.8 Å². The van der Waals surface area contributed by atoms with Crippen LogP contribution in [0.15, 0.2) is 71.6 Å². The average molecular weight is 492 g/mol. The standard InChI is InChI=1S/C26H25N3O5S/c1-18(30)19-6-9-22(10-7-19)29-25(31)17-24(26(29)32)27-12-14-28(15-13-27)35(33,34)23-11-8-20-4-2-3-5-21(20)16-23/h2-11,16,24H,12-15,17H2,1H3. The smallest absolute Gasteiger partial charge is 0.251 e. The van der Waals surface area contributed by atoms with E-state index in [0.29, 0.717) is 24.3 Å². The highest BCUT2D eigenvalue weighted by Crippen LogP contribution is 2.28. The van der Waals surface area contributed by atoms with Crippen molar-refractivity contribution in [3.05, 3.63) is 72.3 Å². The van der Waals surface area contributed by atoms with Crippen molar-refractivity contribution in [3.63, 3.8) is 0 Å². The number of hydrogen-bond donors (Lipinski definition) is 0. The van der Waals surface area contributed by atoms with Gasteiger partial charge in [0.2, 0.25) is 15.9 Å². The van der Waals surface area contributed by atoms with Gasteiger partial charge in [-0.05, 0) is 54.1 Å². The maximum absolute atomic E-state index is 13.2. The summed E-state index contributed by atoms with van der Waals surface area (Å²) in [5.74, 6) is -0.719. The summed E-state index contributed by atoms with van der Waals surface area (Å²) in [5, 5.41) is 1.83. The zero-order chi connectivity index (χ0) is 24.7. The number of rotatable bonds is 5. The number of sulfonamides is 1. The fourth-order valence-corrected chi connectivity index (χ4v) is 6.21. The minimum atomic E-state index is -3.67. The number of piperazine rings is 1. The third-order valence-corrected chi connectivity index (χ3v) is 8.62. The van der Waals surface area contributed by atoms with Crippen LogP contribution in [0.3, 0.4) is 0 Å². The van der Waals surface area contributed by atoms with Gasteiger partial charge in [-0.15, -0.1) is 0 Å². The molecular formula is C26H25N3O5S. The first kappa shape index (κ1) is 23.3. The largest absolute Gasteiger partial charge is 0.295 e. The molecule has 1 unspecified atom stereocenters. The Bertz CT molecular complexity index is 1430. The molecule has 0 bridgehead atoms. The molecular weight excluding hydrogens is 466 g/mol. The first-order valence-corrected chi connectivity index (χ1v) is 12.9. The summed E-state index contributed by atoms with van der Waals surface area (Å²) >= 11 is 0. The molecule has 3 aromatic rings. The van der Waals surface area contributed by atoms with E-state index >= 15 is 0 Å². The molecule has 2 heterocycles. The van der Waals surface area contributed by atoms with Crippen molar-refractivity contribution >= 4 is 44.1 Å². The van der Waals surface area contributed by atoms with Gasteiger partial charge in [0, 0.05) is 31.7 Å². The number of carbonyl (C=O) groups is 3. The molecule has 9 heteroatoms. The van der Waals surface area contributed by atoms with Gasteiger partial charge in [-0.1, -0.05) is 30.3 Å². The Morgan fingerprint density at radius 1 is 0.857 bits per heavy atom. The fourth-order valence-electron chi connectivity index (χ4n) is 4.75. The van der Waals surface area contributed by atoms with Crippen molar-refractivity contribution in [1.82, 2.24) is 9.21 Å². The van der Waals surface area contributed by atoms with E-state index in [9.17, 15) is 22.8 Å². The molecule has 0 N–H and O–H groups in total. The molecule has 0 radical (unpaired) electrons. The van der Waals surface area contributed by atoms with Crippen molar-refractivity contribution in [2.75, 3.05) is 31.1 Å². The van der Waals surface area contributed by atoms with Gasteiger partial charge in [0.05, 0.1) is 23.0 Å². The van der Waals surface area contributed by atoms with Crippen LogP contribution in [0.2, 0.25) is 0 Å². The van der Waals surface area contributed by atoms with Crippen LogP contribution in [0.25, 0.3) is 10.8 Å². The normalized spacial score (nSPS) is 20.0. The zero-order valence-electron chi connectivity index (χ0n) is 19.3. The van der Waals surface area contributed by atoms with Gasteiger partial charge >= 0.3 is 0 Å². The van der Waals surface area contributed by atoms with E-state index in [1.54, 1.807) is 42.5 Å². The summed E-state index contributed by atoms with van der Waals surface area (Å²) in [5.41, 5.74) is 0.943. The first-order chi connectivity index (χ1) is 16.8. The Kier molecular flexibility index (Phi) is 6.00. The second-order valence-corrected chi connectivity index (χ2v) is 10.8. The number of amides is 2. The number of ketones is 1. The molecule has 0 aliphatic carbocycles. The number of nitrogens with zero attached hydrogens (tertiary/aromatic N) is 3. The van der Waals surface area contributed by atoms with Crippen LogP contribution in [-0.4, -0.2) is 67.4 Å². The number of fused-ring (bicyclic) bond motifs is 1. The van der Waals surface area contributed by atoms with Gasteiger partial charge in [-0.25, -0.2) is 13.3 Å². The van der Waals surface area contributed by atoms with Crippen LogP contribution in [0.5, 0.6) is 0 Å². The Labute approximate surface area is 203 Å². The predicted octanol–water partition coefficient (Wildman–Crippen LogP) is 2.68. The van der Waals surface area contributed by atoms with Crippen molar-refractivity contribution in [1.29, 1.82) is 0 Å². The molecule has 5 rings (SSSR count). The molecule has 0 saturated carbocycles. The molecule has 2 aliphatic heterocycles. The van der Waals surface area contributed by atoms with Crippen molar-refractivity contribution in [3.8, 4) is 0 Å². The lowest BCUT2D eigenvalue weighted by atomic mass is 10.1. The minimum Gasteiger partial charge on any atom is -0.295 e. The lowest BCUT2D eigenvalue weighted by molar-refractivity contribution is -0.123. The monoisotopic (exact) mass is 491 g/mol. The maximum atomic E-state index is 13.2. The molecule has 0 aromatic heterocycles. The number of benzene rings is 3. The van der Waals surface area contributed by atoms with Gasteiger partial charge < -0.3 is 0 Å². The molecule has 2 aliphatic rings. The molecule has 0 spiro atoms. The number of anilines is 1. The first-order valence-electron chi connectivity index (χ1n) is 11.5. The maximum Gasteiger partial charge on any atom is 0.251 e. The van der Waals surface area contributed by atoms with Crippen LogP contribution in [-0.2, 0) is 19.6 Å². The Hall–Kier alpha value is -3.40. The molecule has 180 valence electrons. The van der Waals surface area contributed by atoms with E-state index in [0.717, 1.165) is 15.7 Å². The zero-order valence-corrected chi connectivity index (χ0v) is 20.1. The summed E-state index contributed by atoms with van der Waals surface area (Å²) in [6.45, 7) is 2.64. The third-order valence-electron chi connectivity index (χ3n) is 6.73. The number of imide groups is 1. The second kappa shape index (κ2) is 8.99. The van der Waals surface area contributed by atoms with Gasteiger partial charge in [0.1, 0.15) is 0 Å². The summed E-state index contributed by atoms with van der Waals surface area (Å²) in [4.78, 5) is 40.6. The Balaban J connectivity index is 1.28. The average Bonchev–Trinajstić information content (AvgIpc) is 3.17. The Morgan fingerprint density at radius 2 is 1.51 bits per heavy atom. The third kappa shape index (κ3) is 4.27. The second-order valence-electron chi connectivity index (χ2n) is 8.84. The highest BCUT2D eigenvalue weighted by atomic mass is 32.2. The summed E-state index contributed by atoms with van der Waals surface area (Å²) in [6.07, 6.45) is 0.0463. The van der Waals surface area contributed by atoms with Crippen molar-refractivity contribution in [2.45, 2.75) is 24.3 Å². The van der Waals surface area contributed by atoms with Gasteiger partial charge in [-0.2, -0.15) is 4.31 Å². The fraction of sp³-hybridized carbons (Fsp3) is 0.269. The highest BCUT2D eigenvalue weighted by molar-refractivity contribution is 7.89. The lowest BCUT2D eigenvalue weighted by Crippen LogP contribution is -2.53. The number of hydrogen-bond acceptors (Lipinski definition) is 6. The van der Waals surface area contributed by atoms with E-state index < -0.39 is 16.1 Å². The summed E-state index contributed by atoms with van der Waals surface area (Å²) in [6, 6.07) is 18.5. The molecule has 2 amide bonds. The minimum absolute atomic E-state index is 0.0463.